The SMILES string of the molecule is N#CC1=C(SCC(=O)Nc2ccc(Br)cc2F)NC(=O)C[C@@H]1c1cccc(Br)c1. The topological polar surface area (TPSA) is 82.0 Å². The molecular weight excluding hydrogens is 525 g/mol. The molecule has 0 spiro atoms. The normalized spacial score (nSPS) is 16.2. The monoisotopic (exact) mass is 537 g/mol. The lowest BCUT2D eigenvalue weighted by Crippen LogP contribution is -2.31. The van der Waals surface area contributed by atoms with Gasteiger partial charge in [-0.15, -0.1) is 0 Å². The first-order valence-corrected chi connectivity index (χ1v) is 11.0. The quantitative estimate of drug-likeness (QED) is 0.557. The van der Waals surface area contributed by atoms with E-state index in [0.717, 1.165) is 21.8 Å². The highest BCUT2D eigenvalue weighted by atomic mass is 79.9. The summed E-state index contributed by atoms with van der Waals surface area (Å²) in [6.45, 7) is 0. The molecule has 0 saturated heterocycles. The molecule has 0 aliphatic carbocycles. The number of rotatable bonds is 5. The fourth-order valence-corrected chi connectivity index (χ4v) is 4.48. The molecule has 1 aliphatic heterocycles. The van der Waals surface area contributed by atoms with Gasteiger partial charge < -0.3 is 10.6 Å². The van der Waals surface area contributed by atoms with E-state index in [4.69, 9.17) is 0 Å². The number of amides is 2. The molecule has 0 saturated carbocycles. The molecule has 1 aliphatic rings. The van der Waals surface area contributed by atoms with Gasteiger partial charge >= 0.3 is 0 Å². The first-order valence-electron chi connectivity index (χ1n) is 8.44. The standard InChI is InChI=1S/C20H14Br2FN3O2S/c21-12-3-1-2-11(6-12)14-8-18(27)26-20(15(14)9-24)29-10-19(28)25-17-5-4-13(22)7-16(17)23/h1-7,14H,8,10H2,(H,25,28)(H,26,27)/t14-/m1/s1. The van der Waals surface area contributed by atoms with Crippen molar-refractivity contribution in [3.63, 3.8) is 0 Å². The molecule has 1 atom stereocenters. The van der Waals surface area contributed by atoms with Gasteiger partial charge in [-0.25, -0.2) is 4.39 Å². The number of anilines is 1. The number of allylic oxidation sites excluding steroid dienone is 1. The van der Waals surface area contributed by atoms with E-state index in [2.05, 4.69) is 48.6 Å². The van der Waals surface area contributed by atoms with Crippen molar-refractivity contribution in [2.75, 3.05) is 11.1 Å². The summed E-state index contributed by atoms with van der Waals surface area (Å²) in [6, 6.07) is 13.9. The van der Waals surface area contributed by atoms with Crippen molar-refractivity contribution >= 4 is 61.1 Å². The van der Waals surface area contributed by atoms with Gasteiger partial charge in [-0.1, -0.05) is 55.8 Å². The van der Waals surface area contributed by atoms with Crippen LogP contribution in [0.15, 0.2) is 62.0 Å². The lowest BCUT2D eigenvalue weighted by atomic mass is 9.87. The number of nitrogens with one attached hydrogen (secondary N) is 2. The first kappa shape index (κ1) is 21.6. The van der Waals surface area contributed by atoms with Gasteiger partial charge in [-0.2, -0.15) is 5.26 Å². The highest BCUT2D eigenvalue weighted by Crippen LogP contribution is 2.36. The van der Waals surface area contributed by atoms with Gasteiger partial charge in [0.25, 0.3) is 0 Å². The average molecular weight is 539 g/mol. The molecule has 2 amide bonds. The second kappa shape index (κ2) is 9.57. The Hall–Kier alpha value is -2.15. The third-order valence-electron chi connectivity index (χ3n) is 4.16. The maximum atomic E-state index is 13.9. The zero-order valence-corrected chi connectivity index (χ0v) is 18.8. The molecule has 2 aromatic carbocycles. The molecule has 2 N–H and O–H groups in total. The number of carbonyl (C=O) groups is 2. The molecule has 3 rings (SSSR count). The van der Waals surface area contributed by atoms with Crippen molar-refractivity contribution in [3.8, 4) is 6.07 Å². The predicted molar refractivity (Wildman–Crippen MR) is 117 cm³/mol. The Labute approximate surface area is 188 Å². The third kappa shape index (κ3) is 5.47. The largest absolute Gasteiger partial charge is 0.323 e. The lowest BCUT2D eigenvalue weighted by Gasteiger charge is -2.25. The Morgan fingerprint density at radius 2 is 2.03 bits per heavy atom. The summed E-state index contributed by atoms with van der Waals surface area (Å²) < 4.78 is 15.3. The minimum absolute atomic E-state index is 0.0629. The van der Waals surface area contributed by atoms with E-state index in [1.54, 1.807) is 6.07 Å². The number of carbonyl (C=O) groups excluding carboxylic acids is 2. The van der Waals surface area contributed by atoms with Crippen molar-refractivity contribution in [2.45, 2.75) is 12.3 Å². The van der Waals surface area contributed by atoms with Crippen LogP contribution in [-0.2, 0) is 9.59 Å². The van der Waals surface area contributed by atoms with Crippen molar-refractivity contribution in [2.24, 2.45) is 0 Å². The van der Waals surface area contributed by atoms with Crippen LogP contribution in [-0.4, -0.2) is 17.6 Å². The third-order valence-corrected chi connectivity index (χ3v) is 6.16. The van der Waals surface area contributed by atoms with E-state index in [-0.39, 0.29) is 29.7 Å². The number of hydrogen-bond acceptors (Lipinski definition) is 4. The highest BCUT2D eigenvalue weighted by molar-refractivity contribution is 9.10. The Kier molecular flexibility index (Phi) is 7.11. The van der Waals surface area contributed by atoms with Crippen molar-refractivity contribution in [3.05, 3.63) is 73.4 Å². The van der Waals surface area contributed by atoms with Gasteiger partial charge in [-0.3, -0.25) is 9.59 Å². The maximum Gasteiger partial charge on any atom is 0.234 e. The molecule has 9 heteroatoms. The Morgan fingerprint density at radius 3 is 2.72 bits per heavy atom. The zero-order valence-electron chi connectivity index (χ0n) is 14.8. The van der Waals surface area contributed by atoms with E-state index in [1.165, 1.54) is 12.1 Å². The molecule has 1 heterocycles. The van der Waals surface area contributed by atoms with Gasteiger partial charge in [-0.05, 0) is 35.9 Å². The van der Waals surface area contributed by atoms with E-state index >= 15 is 0 Å². The number of nitriles is 1. The van der Waals surface area contributed by atoms with Gasteiger partial charge in [0, 0.05) is 21.3 Å². The Morgan fingerprint density at radius 1 is 1.28 bits per heavy atom. The molecule has 0 unspecified atom stereocenters. The molecule has 0 aromatic heterocycles. The van der Waals surface area contributed by atoms with Crippen molar-refractivity contribution in [1.29, 1.82) is 5.26 Å². The van der Waals surface area contributed by atoms with Crippen LogP contribution in [0.25, 0.3) is 0 Å². The molecule has 29 heavy (non-hydrogen) atoms. The highest BCUT2D eigenvalue weighted by Gasteiger charge is 2.30. The maximum absolute atomic E-state index is 13.9. The number of thioether (sulfide) groups is 1. The second-order valence-electron chi connectivity index (χ2n) is 6.18. The van der Waals surface area contributed by atoms with Gasteiger partial charge in [0.05, 0.1) is 28.1 Å². The van der Waals surface area contributed by atoms with Gasteiger partial charge in [0.15, 0.2) is 0 Å². The molecule has 2 aromatic rings. The lowest BCUT2D eigenvalue weighted by molar-refractivity contribution is -0.121. The van der Waals surface area contributed by atoms with Crippen LogP contribution in [0.3, 0.4) is 0 Å². The summed E-state index contributed by atoms with van der Waals surface area (Å²) in [6.07, 6.45) is 0.152. The molecule has 5 nitrogen and oxygen atoms in total. The number of halogens is 3. The first-order chi connectivity index (χ1) is 13.9. The van der Waals surface area contributed by atoms with Crippen LogP contribution < -0.4 is 10.6 Å². The van der Waals surface area contributed by atoms with E-state index in [1.807, 2.05) is 24.3 Å². The van der Waals surface area contributed by atoms with E-state index in [9.17, 15) is 19.2 Å². The number of benzene rings is 2. The van der Waals surface area contributed by atoms with Crippen LogP contribution >= 0.6 is 43.6 Å². The number of nitrogens with zero attached hydrogens (tertiary/aromatic N) is 1. The summed E-state index contributed by atoms with van der Waals surface area (Å²) in [7, 11) is 0. The minimum atomic E-state index is -0.560. The van der Waals surface area contributed by atoms with Crippen LogP contribution in [0.2, 0.25) is 0 Å². The number of hydrogen-bond donors (Lipinski definition) is 2. The van der Waals surface area contributed by atoms with Crippen molar-refractivity contribution in [1.82, 2.24) is 5.32 Å². The van der Waals surface area contributed by atoms with Crippen LogP contribution in [0.4, 0.5) is 10.1 Å². The van der Waals surface area contributed by atoms with Gasteiger partial charge in [0.1, 0.15) is 5.82 Å². The van der Waals surface area contributed by atoms with E-state index in [0.29, 0.717) is 15.1 Å². The van der Waals surface area contributed by atoms with E-state index < -0.39 is 11.7 Å². The average Bonchev–Trinajstić information content (AvgIpc) is 2.68. The van der Waals surface area contributed by atoms with Crippen LogP contribution in [0, 0.1) is 17.1 Å². The fourth-order valence-electron chi connectivity index (χ4n) is 2.86. The summed E-state index contributed by atoms with van der Waals surface area (Å²) in [4.78, 5) is 24.4. The molecule has 148 valence electrons. The van der Waals surface area contributed by atoms with Crippen LogP contribution in [0.1, 0.15) is 17.9 Å². The van der Waals surface area contributed by atoms with Crippen molar-refractivity contribution < 1.29 is 14.0 Å². The second-order valence-corrected chi connectivity index (χ2v) is 8.99. The molecule has 0 fully saturated rings. The van der Waals surface area contributed by atoms with Gasteiger partial charge in [0.2, 0.25) is 11.8 Å². The predicted octanol–water partition coefficient (Wildman–Crippen LogP) is 5.06. The molecular formula is C20H14Br2FN3O2S. The zero-order chi connectivity index (χ0) is 21.0. The van der Waals surface area contributed by atoms with Crippen LogP contribution in [0.5, 0.6) is 0 Å². The summed E-state index contributed by atoms with van der Waals surface area (Å²) in [5, 5.41) is 15.2. The summed E-state index contributed by atoms with van der Waals surface area (Å²) in [5.41, 5.74) is 1.30. The fraction of sp³-hybridized carbons (Fsp3) is 0.150. The Balaban J connectivity index is 1.76. The molecule has 0 radical (unpaired) electrons. The smallest absolute Gasteiger partial charge is 0.234 e. The molecule has 0 bridgehead atoms. The summed E-state index contributed by atoms with van der Waals surface area (Å²) >= 11 is 7.60. The summed E-state index contributed by atoms with van der Waals surface area (Å²) in [5.74, 6) is -1.70. The Bertz CT molecular complexity index is 1050. The minimum Gasteiger partial charge on any atom is -0.323 e.